The minimum Gasteiger partial charge on any atom is -0.464 e. The van der Waals surface area contributed by atoms with Crippen molar-refractivity contribution in [1.82, 2.24) is 4.90 Å². The number of nitrogens with zero attached hydrogens (tertiary/aromatic N) is 1. The van der Waals surface area contributed by atoms with Gasteiger partial charge in [0.25, 0.3) is 0 Å². The molecule has 0 aliphatic carbocycles. The van der Waals surface area contributed by atoms with Crippen LogP contribution in [0, 0.1) is 6.92 Å². The van der Waals surface area contributed by atoms with Crippen LogP contribution in [0.4, 0.5) is 0 Å². The molecule has 0 aliphatic rings. The lowest BCUT2D eigenvalue weighted by Gasteiger charge is -2.08. The number of rotatable bonds is 2. The third-order valence-electron chi connectivity index (χ3n) is 2.65. The van der Waals surface area contributed by atoms with Gasteiger partial charge < -0.3 is 9.32 Å². The molecule has 2 rings (SSSR count). The molecule has 16 heavy (non-hydrogen) atoms. The molecule has 1 heterocycles. The van der Waals surface area contributed by atoms with Crippen molar-refractivity contribution < 1.29 is 9.21 Å². The number of hydrogen-bond acceptors (Lipinski definition) is 2. The third-order valence-corrected chi connectivity index (χ3v) is 2.65. The van der Waals surface area contributed by atoms with Crippen LogP contribution in [-0.2, 0) is 11.2 Å². The Balaban J connectivity index is 2.35. The predicted octanol–water partition coefficient (Wildman–Crippen LogP) is 2.37. The van der Waals surface area contributed by atoms with E-state index in [1.54, 1.807) is 25.3 Å². The van der Waals surface area contributed by atoms with E-state index in [1.165, 1.54) is 0 Å². The number of hydrogen-bond donors (Lipinski definition) is 0. The highest BCUT2D eigenvalue weighted by Crippen LogP contribution is 2.22. The Labute approximate surface area is 94.7 Å². The molecule has 0 bridgehead atoms. The maximum atomic E-state index is 11.6. The predicted molar refractivity (Wildman–Crippen MR) is 63.3 cm³/mol. The first-order chi connectivity index (χ1) is 7.58. The van der Waals surface area contributed by atoms with Crippen LogP contribution in [0.3, 0.4) is 0 Å². The zero-order chi connectivity index (χ0) is 11.7. The van der Waals surface area contributed by atoms with Crippen molar-refractivity contribution in [1.29, 1.82) is 0 Å². The molecule has 0 saturated heterocycles. The number of likely N-dealkylation sites (N-methyl/N-ethyl adjacent to an activating group) is 1. The minimum atomic E-state index is 0.0864. The largest absolute Gasteiger partial charge is 0.464 e. The van der Waals surface area contributed by atoms with Crippen molar-refractivity contribution in [3.63, 3.8) is 0 Å². The van der Waals surface area contributed by atoms with E-state index in [1.807, 2.05) is 25.1 Å². The van der Waals surface area contributed by atoms with E-state index in [9.17, 15) is 4.79 Å². The second-order valence-corrected chi connectivity index (χ2v) is 4.23. The fourth-order valence-electron chi connectivity index (χ4n) is 1.65. The van der Waals surface area contributed by atoms with Gasteiger partial charge in [-0.3, -0.25) is 4.79 Å². The molecule has 84 valence electrons. The molecule has 0 saturated carbocycles. The summed E-state index contributed by atoms with van der Waals surface area (Å²) >= 11 is 0. The topological polar surface area (TPSA) is 33.5 Å². The monoisotopic (exact) mass is 217 g/mol. The first kappa shape index (κ1) is 10.7. The second-order valence-electron chi connectivity index (χ2n) is 4.23. The van der Waals surface area contributed by atoms with Crippen LogP contribution in [-0.4, -0.2) is 24.9 Å². The number of fused-ring (bicyclic) bond motifs is 1. The Bertz CT molecular complexity index is 526. The van der Waals surface area contributed by atoms with Crippen molar-refractivity contribution in [2.24, 2.45) is 0 Å². The number of benzene rings is 1. The maximum absolute atomic E-state index is 11.6. The molecule has 3 nitrogen and oxygen atoms in total. The van der Waals surface area contributed by atoms with Crippen LogP contribution in [0.2, 0.25) is 0 Å². The van der Waals surface area contributed by atoms with E-state index in [4.69, 9.17) is 4.42 Å². The highest BCUT2D eigenvalue weighted by molar-refractivity contribution is 5.87. The lowest BCUT2D eigenvalue weighted by Crippen LogP contribution is -2.23. The van der Waals surface area contributed by atoms with Gasteiger partial charge in [-0.25, -0.2) is 0 Å². The van der Waals surface area contributed by atoms with Gasteiger partial charge in [0, 0.05) is 25.0 Å². The van der Waals surface area contributed by atoms with Crippen molar-refractivity contribution in [2.45, 2.75) is 13.3 Å². The molecule has 1 aromatic carbocycles. The fraction of sp³-hybridized carbons (Fsp3) is 0.308. The average Bonchev–Trinajstić information content (AvgIpc) is 2.60. The summed E-state index contributed by atoms with van der Waals surface area (Å²) < 4.78 is 5.44. The molecule has 0 N–H and O–H groups in total. The van der Waals surface area contributed by atoms with Crippen molar-refractivity contribution in [3.8, 4) is 0 Å². The summed E-state index contributed by atoms with van der Waals surface area (Å²) in [6.45, 7) is 2.02. The van der Waals surface area contributed by atoms with Crippen LogP contribution in [0.25, 0.3) is 11.0 Å². The Kier molecular flexibility index (Phi) is 2.69. The SMILES string of the molecule is Cc1ccc2c(CC(=O)N(C)C)coc2c1. The Hall–Kier alpha value is -1.77. The van der Waals surface area contributed by atoms with E-state index >= 15 is 0 Å². The molecule has 0 radical (unpaired) electrons. The molecule has 0 spiro atoms. The van der Waals surface area contributed by atoms with Crippen molar-refractivity contribution >= 4 is 16.9 Å². The van der Waals surface area contributed by atoms with Crippen molar-refractivity contribution in [2.75, 3.05) is 14.1 Å². The summed E-state index contributed by atoms with van der Waals surface area (Å²) in [6, 6.07) is 6.02. The highest BCUT2D eigenvalue weighted by atomic mass is 16.3. The molecular weight excluding hydrogens is 202 g/mol. The lowest BCUT2D eigenvalue weighted by atomic mass is 10.1. The molecule has 0 atom stereocenters. The number of carbonyl (C=O) groups is 1. The first-order valence-corrected chi connectivity index (χ1v) is 5.25. The molecule has 1 aromatic heterocycles. The van der Waals surface area contributed by atoms with Crippen LogP contribution in [0.1, 0.15) is 11.1 Å². The van der Waals surface area contributed by atoms with E-state index < -0.39 is 0 Å². The van der Waals surface area contributed by atoms with Gasteiger partial charge in [-0.1, -0.05) is 12.1 Å². The second kappa shape index (κ2) is 4.00. The van der Waals surface area contributed by atoms with Crippen LogP contribution >= 0.6 is 0 Å². The summed E-state index contributed by atoms with van der Waals surface area (Å²) in [4.78, 5) is 13.2. The average molecular weight is 217 g/mol. The number of carbonyl (C=O) groups excluding carboxylic acids is 1. The molecule has 0 unspecified atom stereocenters. The van der Waals surface area contributed by atoms with E-state index in [2.05, 4.69) is 0 Å². The van der Waals surface area contributed by atoms with Crippen LogP contribution < -0.4 is 0 Å². The van der Waals surface area contributed by atoms with Gasteiger partial charge >= 0.3 is 0 Å². The van der Waals surface area contributed by atoms with E-state index in [0.717, 1.165) is 22.1 Å². The quantitative estimate of drug-likeness (QED) is 0.773. The molecule has 1 amide bonds. The molecule has 0 fully saturated rings. The third kappa shape index (κ3) is 1.94. The first-order valence-electron chi connectivity index (χ1n) is 5.25. The van der Waals surface area contributed by atoms with Crippen LogP contribution in [0.15, 0.2) is 28.9 Å². The minimum absolute atomic E-state index is 0.0864. The summed E-state index contributed by atoms with van der Waals surface area (Å²) in [5.74, 6) is 0.0864. The standard InChI is InChI=1S/C13H15NO2/c1-9-4-5-11-10(7-13(15)14(2)3)8-16-12(11)6-9/h4-6,8H,7H2,1-3H3. The zero-order valence-corrected chi connectivity index (χ0v) is 9.78. The maximum Gasteiger partial charge on any atom is 0.226 e. The molecule has 2 aromatic rings. The molecule has 0 aliphatic heterocycles. The summed E-state index contributed by atoms with van der Waals surface area (Å²) in [5.41, 5.74) is 2.96. The van der Waals surface area contributed by atoms with Gasteiger partial charge in [0.05, 0.1) is 12.7 Å². The molecular formula is C13H15NO2. The Morgan fingerprint density at radius 1 is 1.38 bits per heavy atom. The Morgan fingerprint density at radius 2 is 2.12 bits per heavy atom. The van der Waals surface area contributed by atoms with Gasteiger partial charge in [-0.2, -0.15) is 0 Å². The van der Waals surface area contributed by atoms with Crippen molar-refractivity contribution in [3.05, 3.63) is 35.6 Å². The van der Waals surface area contributed by atoms with Gasteiger partial charge in [-0.05, 0) is 18.6 Å². The van der Waals surface area contributed by atoms with Gasteiger partial charge in [0.2, 0.25) is 5.91 Å². The fourth-order valence-corrected chi connectivity index (χ4v) is 1.65. The smallest absolute Gasteiger partial charge is 0.226 e. The normalized spacial score (nSPS) is 10.7. The zero-order valence-electron chi connectivity index (χ0n) is 9.78. The van der Waals surface area contributed by atoms with Gasteiger partial charge in [0.1, 0.15) is 5.58 Å². The molecule has 3 heteroatoms. The van der Waals surface area contributed by atoms with Crippen LogP contribution in [0.5, 0.6) is 0 Å². The van der Waals surface area contributed by atoms with Gasteiger partial charge in [-0.15, -0.1) is 0 Å². The van der Waals surface area contributed by atoms with E-state index in [-0.39, 0.29) is 5.91 Å². The summed E-state index contributed by atoms with van der Waals surface area (Å²) in [6.07, 6.45) is 2.06. The summed E-state index contributed by atoms with van der Waals surface area (Å²) in [7, 11) is 3.52. The number of aryl methyl sites for hydroxylation is 1. The van der Waals surface area contributed by atoms with E-state index in [0.29, 0.717) is 6.42 Å². The number of furan rings is 1. The van der Waals surface area contributed by atoms with Gasteiger partial charge in [0.15, 0.2) is 0 Å². The highest BCUT2D eigenvalue weighted by Gasteiger charge is 2.11. The lowest BCUT2D eigenvalue weighted by molar-refractivity contribution is -0.127. The summed E-state index contributed by atoms with van der Waals surface area (Å²) in [5, 5.41) is 1.03. The number of amides is 1. The Morgan fingerprint density at radius 3 is 2.81 bits per heavy atom.